The molecule has 2 N–H and O–H groups in total. The van der Waals surface area contributed by atoms with Gasteiger partial charge in [0, 0.05) is 37.6 Å². The number of carbonyl (C=O) groups excluding carboxylic acids is 2. The number of pyridine rings is 2. The van der Waals surface area contributed by atoms with E-state index in [0.717, 1.165) is 25.9 Å². The molecule has 0 aliphatic carbocycles. The van der Waals surface area contributed by atoms with Crippen LogP contribution in [0.2, 0.25) is 0 Å². The molecular weight excluding hydrogens is 380 g/mol. The topological polar surface area (TPSA) is 90.5 Å². The molecule has 30 heavy (non-hydrogen) atoms. The third-order valence-corrected chi connectivity index (χ3v) is 5.45. The van der Waals surface area contributed by atoms with Crippen molar-refractivity contribution in [1.82, 2.24) is 19.8 Å². The third kappa shape index (κ3) is 6.08. The molecule has 2 aromatic rings. The summed E-state index contributed by atoms with van der Waals surface area (Å²) in [5, 5.41) is 5.82. The van der Waals surface area contributed by atoms with Crippen LogP contribution in [0.25, 0.3) is 0 Å². The standard InChI is InChI=1S/C22H30N6O2/c1-3-19-13-28(16-22(30)26-18-8-6-10-24-12-18)20(4-2)14-27(19)15-21(29)25-17-7-5-9-23-11-17/h5-12,19-20H,3-4,13-16H2,1-2H3,(H,25,29)(H,26,30). The van der Waals surface area contributed by atoms with Gasteiger partial charge in [-0.3, -0.25) is 29.4 Å². The summed E-state index contributed by atoms with van der Waals surface area (Å²) < 4.78 is 0. The van der Waals surface area contributed by atoms with E-state index in [9.17, 15) is 9.59 Å². The maximum absolute atomic E-state index is 12.5. The van der Waals surface area contributed by atoms with Gasteiger partial charge in [-0.25, -0.2) is 0 Å². The molecule has 2 unspecified atom stereocenters. The summed E-state index contributed by atoms with van der Waals surface area (Å²) >= 11 is 0. The van der Waals surface area contributed by atoms with Crippen LogP contribution in [0.1, 0.15) is 26.7 Å². The van der Waals surface area contributed by atoms with Crippen molar-refractivity contribution in [2.24, 2.45) is 0 Å². The maximum Gasteiger partial charge on any atom is 0.238 e. The Morgan fingerprint density at radius 1 is 0.867 bits per heavy atom. The first-order valence-corrected chi connectivity index (χ1v) is 10.5. The van der Waals surface area contributed by atoms with Crippen molar-refractivity contribution in [2.75, 3.05) is 36.8 Å². The Kier molecular flexibility index (Phi) is 7.87. The Morgan fingerprint density at radius 3 is 1.63 bits per heavy atom. The SMILES string of the molecule is CCC1CN(CC(=O)Nc2cccnc2)C(CC)CN1CC(=O)Nc1cccnc1. The minimum atomic E-state index is -0.0425. The van der Waals surface area contributed by atoms with Crippen LogP contribution in [0.4, 0.5) is 11.4 Å². The Bertz CT molecular complexity index is 747. The highest BCUT2D eigenvalue weighted by Crippen LogP contribution is 2.20. The van der Waals surface area contributed by atoms with Crippen molar-refractivity contribution in [3.05, 3.63) is 49.1 Å². The van der Waals surface area contributed by atoms with Gasteiger partial charge in [0.15, 0.2) is 0 Å². The number of hydrogen-bond acceptors (Lipinski definition) is 6. The normalized spacial score (nSPS) is 19.9. The van der Waals surface area contributed by atoms with Gasteiger partial charge in [0.05, 0.1) is 36.9 Å². The lowest BCUT2D eigenvalue weighted by molar-refractivity contribution is -0.122. The Hall–Kier alpha value is -2.84. The zero-order valence-corrected chi connectivity index (χ0v) is 17.6. The molecule has 2 atom stereocenters. The average molecular weight is 411 g/mol. The number of carbonyl (C=O) groups is 2. The van der Waals surface area contributed by atoms with E-state index in [1.807, 2.05) is 12.1 Å². The van der Waals surface area contributed by atoms with E-state index in [2.05, 4.69) is 44.2 Å². The predicted molar refractivity (Wildman–Crippen MR) is 117 cm³/mol. The number of nitrogens with one attached hydrogen (secondary N) is 2. The monoisotopic (exact) mass is 410 g/mol. The van der Waals surface area contributed by atoms with Crippen molar-refractivity contribution < 1.29 is 9.59 Å². The molecule has 2 amide bonds. The van der Waals surface area contributed by atoms with Gasteiger partial charge in [-0.1, -0.05) is 13.8 Å². The lowest BCUT2D eigenvalue weighted by Gasteiger charge is -2.45. The quantitative estimate of drug-likeness (QED) is 0.694. The number of rotatable bonds is 8. The molecule has 8 heteroatoms. The van der Waals surface area contributed by atoms with Crippen molar-refractivity contribution in [3.8, 4) is 0 Å². The molecule has 8 nitrogen and oxygen atoms in total. The molecule has 1 aliphatic rings. The van der Waals surface area contributed by atoms with Gasteiger partial charge >= 0.3 is 0 Å². The fourth-order valence-electron chi connectivity index (χ4n) is 3.88. The highest BCUT2D eigenvalue weighted by molar-refractivity contribution is 5.92. The number of aromatic nitrogens is 2. The van der Waals surface area contributed by atoms with E-state index in [1.165, 1.54) is 0 Å². The molecular formula is C22H30N6O2. The third-order valence-electron chi connectivity index (χ3n) is 5.45. The second kappa shape index (κ2) is 10.8. The lowest BCUT2D eigenvalue weighted by Crippen LogP contribution is -2.60. The van der Waals surface area contributed by atoms with Crippen molar-refractivity contribution in [2.45, 2.75) is 38.8 Å². The molecule has 3 heterocycles. The van der Waals surface area contributed by atoms with Gasteiger partial charge in [-0.05, 0) is 37.1 Å². The van der Waals surface area contributed by atoms with Crippen molar-refractivity contribution >= 4 is 23.2 Å². The maximum atomic E-state index is 12.5. The Morgan fingerprint density at radius 2 is 1.30 bits per heavy atom. The van der Waals surface area contributed by atoms with E-state index in [1.54, 1.807) is 36.9 Å². The first kappa shape index (κ1) is 21.9. The number of nitrogens with zero attached hydrogens (tertiary/aromatic N) is 4. The summed E-state index contributed by atoms with van der Waals surface area (Å²) in [5.74, 6) is -0.0850. The summed E-state index contributed by atoms with van der Waals surface area (Å²) in [4.78, 5) is 37.6. The van der Waals surface area contributed by atoms with Crippen LogP contribution in [0.15, 0.2) is 49.1 Å². The Balaban J connectivity index is 1.57. The minimum absolute atomic E-state index is 0.0425. The van der Waals surface area contributed by atoms with Crippen LogP contribution in [0, 0.1) is 0 Å². The van der Waals surface area contributed by atoms with Crippen LogP contribution in [0.3, 0.4) is 0 Å². The van der Waals surface area contributed by atoms with E-state index in [0.29, 0.717) is 24.5 Å². The van der Waals surface area contributed by atoms with Crippen LogP contribution < -0.4 is 10.6 Å². The molecule has 0 saturated carbocycles. The zero-order chi connectivity index (χ0) is 21.3. The fraction of sp³-hybridized carbons (Fsp3) is 0.455. The smallest absolute Gasteiger partial charge is 0.238 e. The molecule has 2 aromatic heterocycles. The van der Waals surface area contributed by atoms with Crippen molar-refractivity contribution in [1.29, 1.82) is 0 Å². The molecule has 160 valence electrons. The first-order valence-electron chi connectivity index (χ1n) is 10.5. The van der Waals surface area contributed by atoms with Crippen molar-refractivity contribution in [3.63, 3.8) is 0 Å². The number of hydrogen-bond donors (Lipinski definition) is 2. The zero-order valence-electron chi connectivity index (χ0n) is 17.6. The van der Waals surface area contributed by atoms with E-state index in [4.69, 9.17) is 0 Å². The van der Waals surface area contributed by atoms with Crippen LogP contribution in [-0.2, 0) is 9.59 Å². The molecule has 1 aliphatic heterocycles. The molecule has 0 aromatic carbocycles. The van der Waals surface area contributed by atoms with Gasteiger partial charge in [0.1, 0.15) is 0 Å². The largest absolute Gasteiger partial charge is 0.324 e. The van der Waals surface area contributed by atoms with Crippen LogP contribution >= 0.6 is 0 Å². The van der Waals surface area contributed by atoms with E-state index >= 15 is 0 Å². The average Bonchev–Trinajstić information content (AvgIpc) is 2.75. The highest BCUT2D eigenvalue weighted by Gasteiger charge is 2.33. The first-order chi connectivity index (χ1) is 14.6. The Labute approximate surface area is 177 Å². The van der Waals surface area contributed by atoms with Gasteiger partial charge in [-0.2, -0.15) is 0 Å². The number of piperazine rings is 1. The van der Waals surface area contributed by atoms with E-state index in [-0.39, 0.29) is 23.9 Å². The number of amides is 2. The number of anilines is 2. The summed E-state index contributed by atoms with van der Waals surface area (Å²) in [7, 11) is 0. The second-order valence-electron chi connectivity index (χ2n) is 7.56. The summed E-state index contributed by atoms with van der Waals surface area (Å²) in [6, 6.07) is 7.70. The lowest BCUT2D eigenvalue weighted by atomic mass is 10.0. The molecule has 3 rings (SSSR count). The fourth-order valence-corrected chi connectivity index (χ4v) is 3.88. The van der Waals surface area contributed by atoms with Gasteiger partial charge in [-0.15, -0.1) is 0 Å². The van der Waals surface area contributed by atoms with Gasteiger partial charge in [0.2, 0.25) is 11.8 Å². The van der Waals surface area contributed by atoms with Crippen LogP contribution in [-0.4, -0.2) is 69.8 Å². The predicted octanol–water partition coefficient (Wildman–Crippen LogP) is 2.23. The summed E-state index contributed by atoms with van der Waals surface area (Å²) in [5.41, 5.74) is 1.40. The molecule has 1 fully saturated rings. The van der Waals surface area contributed by atoms with Gasteiger partial charge in [0.25, 0.3) is 0 Å². The molecule has 0 bridgehead atoms. The highest BCUT2D eigenvalue weighted by atomic mass is 16.2. The van der Waals surface area contributed by atoms with Gasteiger partial charge < -0.3 is 10.6 Å². The minimum Gasteiger partial charge on any atom is -0.324 e. The second-order valence-corrected chi connectivity index (χ2v) is 7.56. The molecule has 0 spiro atoms. The molecule has 0 radical (unpaired) electrons. The summed E-state index contributed by atoms with van der Waals surface area (Å²) in [6.45, 7) is 6.43. The summed E-state index contributed by atoms with van der Waals surface area (Å²) in [6.07, 6.45) is 8.47. The van der Waals surface area contributed by atoms with E-state index < -0.39 is 0 Å². The van der Waals surface area contributed by atoms with Crippen LogP contribution in [0.5, 0.6) is 0 Å². The molecule has 1 saturated heterocycles.